The van der Waals surface area contributed by atoms with E-state index in [0.717, 1.165) is 0 Å². The van der Waals surface area contributed by atoms with Crippen LogP contribution in [0.1, 0.15) is 10.4 Å². The van der Waals surface area contributed by atoms with Crippen molar-refractivity contribution in [2.75, 3.05) is 6.61 Å². The maximum absolute atomic E-state index is 10.8. The van der Waals surface area contributed by atoms with Gasteiger partial charge in [0.25, 0.3) is 5.91 Å². The van der Waals surface area contributed by atoms with Crippen LogP contribution >= 0.6 is 0 Å². The molecular formula is C13H20N2O7. The highest BCUT2D eigenvalue weighted by atomic mass is 16.6. The molecule has 0 bridgehead atoms. The summed E-state index contributed by atoms with van der Waals surface area (Å²) in [6, 6.07) is 8.80. The fourth-order valence-electron chi connectivity index (χ4n) is 1.75. The lowest BCUT2D eigenvalue weighted by Gasteiger charge is -2.37. The van der Waals surface area contributed by atoms with E-state index in [0.29, 0.717) is 5.56 Å². The molecule has 0 radical (unpaired) electrons. The Hall–Kier alpha value is -1.59. The van der Waals surface area contributed by atoms with Crippen molar-refractivity contribution < 1.29 is 35.1 Å². The normalized spacial score (nSPS) is 30.9. The highest BCUT2D eigenvalue weighted by Gasteiger charge is 2.42. The molecule has 1 saturated heterocycles. The number of nitrogen functional groups attached to an aromatic ring is 1. The van der Waals surface area contributed by atoms with Crippen molar-refractivity contribution in [2.24, 2.45) is 5.84 Å². The molecule has 8 N–H and O–H groups in total. The number of amides is 1. The fourth-order valence-corrected chi connectivity index (χ4v) is 1.75. The van der Waals surface area contributed by atoms with E-state index < -0.39 is 37.3 Å². The lowest BCUT2D eigenvalue weighted by molar-refractivity contribution is -0.286. The minimum atomic E-state index is -1.57. The Kier molecular flexibility index (Phi) is 7.35. The van der Waals surface area contributed by atoms with Gasteiger partial charge in [0.1, 0.15) is 24.4 Å². The molecule has 1 unspecified atom stereocenters. The van der Waals surface area contributed by atoms with Gasteiger partial charge in [-0.15, -0.1) is 0 Å². The molecule has 0 spiro atoms. The van der Waals surface area contributed by atoms with Crippen molar-refractivity contribution in [3.8, 4) is 0 Å². The summed E-state index contributed by atoms with van der Waals surface area (Å²) in [5.74, 6) is 4.64. The minimum Gasteiger partial charge on any atom is -0.394 e. The Morgan fingerprint density at radius 2 is 1.68 bits per heavy atom. The number of hydrogen-bond acceptors (Lipinski definition) is 8. The van der Waals surface area contributed by atoms with Gasteiger partial charge >= 0.3 is 0 Å². The molecule has 1 aromatic rings. The van der Waals surface area contributed by atoms with E-state index >= 15 is 0 Å². The second-order valence-corrected chi connectivity index (χ2v) is 4.56. The Morgan fingerprint density at radius 3 is 2.18 bits per heavy atom. The van der Waals surface area contributed by atoms with E-state index in [9.17, 15) is 4.79 Å². The van der Waals surface area contributed by atoms with Gasteiger partial charge in [0.2, 0.25) is 0 Å². The van der Waals surface area contributed by atoms with E-state index in [1.54, 1.807) is 24.3 Å². The number of hydrogen-bond donors (Lipinski definition) is 7. The van der Waals surface area contributed by atoms with E-state index in [1.165, 1.54) is 0 Å². The quantitative estimate of drug-likeness (QED) is 0.173. The van der Waals surface area contributed by atoms with Crippen LogP contribution in [0.3, 0.4) is 0 Å². The van der Waals surface area contributed by atoms with Gasteiger partial charge in [-0.3, -0.25) is 10.2 Å². The van der Waals surface area contributed by atoms with Gasteiger partial charge < -0.3 is 30.3 Å². The maximum atomic E-state index is 10.8. The molecule has 1 heterocycles. The summed E-state index contributed by atoms with van der Waals surface area (Å²) in [5.41, 5.74) is 2.62. The topological polar surface area (TPSA) is 166 Å². The van der Waals surface area contributed by atoms with Crippen molar-refractivity contribution in [3.05, 3.63) is 35.9 Å². The predicted octanol–water partition coefficient (Wildman–Crippen LogP) is -2.93. The first-order valence-electron chi connectivity index (χ1n) is 6.47. The summed E-state index contributed by atoms with van der Waals surface area (Å²) in [7, 11) is 0. The predicted molar refractivity (Wildman–Crippen MR) is 74.1 cm³/mol. The highest BCUT2D eigenvalue weighted by molar-refractivity contribution is 5.93. The summed E-state index contributed by atoms with van der Waals surface area (Å²) < 4.78 is 4.58. The number of hydrazine groups is 1. The molecule has 9 nitrogen and oxygen atoms in total. The van der Waals surface area contributed by atoms with Crippen molar-refractivity contribution in [2.45, 2.75) is 30.7 Å². The first kappa shape index (κ1) is 18.5. The molecule has 0 aliphatic carbocycles. The zero-order valence-corrected chi connectivity index (χ0v) is 11.6. The lowest BCUT2D eigenvalue weighted by Crippen LogP contribution is -2.58. The number of benzene rings is 1. The number of nitrogens with two attached hydrogens (primary N) is 1. The van der Waals surface area contributed by atoms with Gasteiger partial charge in [0, 0.05) is 5.56 Å². The lowest BCUT2D eigenvalue weighted by atomic mass is 10.00. The van der Waals surface area contributed by atoms with Crippen molar-refractivity contribution in [1.82, 2.24) is 5.43 Å². The zero-order chi connectivity index (χ0) is 16.7. The largest absolute Gasteiger partial charge is 0.394 e. The number of aliphatic hydroxyl groups is 5. The van der Waals surface area contributed by atoms with Crippen LogP contribution in [0.25, 0.3) is 0 Å². The van der Waals surface area contributed by atoms with Gasteiger partial charge in [0.05, 0.1) is 6.61 Å². The molecule has 1 amide bonds. The highest BCUT2D eigenvalue weighted by Crippen LogP contribution is 2.18. The van der Waals surface area contributed by atoms with E-state index in [-0.39, 0.29) is 5.91 Å². The summed E-state index contributed by atoms with van der Waals surface area (Å²) in [4.78, 5) is 10.8. The third kappa shape index (κ3) is 4.71. The van der Waals surface area contributed by atoms with E-state index in [4.69, 9.17) is 31.4 Å². The van der Waals surface area contributed by atoms with E-state index in [1.807, 2.05) is 11.5 Å². The number of rotatable bonds is 2. The van der Waals surface area contributed by atoms with Crippen LogP contribution in [-0.2, 0) is 4.74 Å². The zero-order valence-electron chi connectivity index (χ0n) is 11.6. The van der Waals surface area contributed by atoms with Crippen LogP contribution in [0.2, 0.25) is 0 Å². The summed E-state index contributed by atoms with van der Waals surface area (Å²) in [6.07, 6.45) is -7.04. The smallest absolute Gasteiger partial charge is 0.265 e. The molecule has 124 valence electrons. The molecule has 1 aromatic carbocycles. The maximum Gasteiger partial charge on any atom is 0.265 e. The van der Waals surface area contributed by atoms with Gasteiger partial charge in [0.15, 0.2) is 6.29 Å². The molecular weight excluding hydrogens is 296 g/mol. The molecule has 1 aliphatic rings. The number of carbonyl (C=O) groups is 1. The standard InChI is InChI=1S/C7H8N2O.C6H12O6/c8-9-7(10)6-4-2-1-3-5-6;7-1-2-3(8)4(9)5(10)6(11)12-2/h1-5H,8H2,(H,9,10);2-11H,1H2/t;2-,3-,4+,5-,6?/m.1/s1. The molecule has 22 heavy (non-hydrogen) atoms. The van der Waals surface area contributed by atoms with Crippen LogP contribution in [-0.4, -0.2) is 68.8 Å². The van der Waals surface area contributed by atoms with Gasteiger partial charge in [-0.25, -0.2) is 5.84 Å². The first-order valence-corrected chi connectivity index (χ1v) is 6.47. The van der Waals surface area contributed by atoms with Gasteiger partial charge in [-0.2, -0.15) is 0 Å². The molecule has 0 aromatic heterocycles. The third-order valence-corrected chi connectivity index (χ3v) is 3.03. The molecule has 2 rings (SSSR count). The van der Waals surface area contributed by atoms with Crippen molar-refractivity contribution >= 4 is 5.91 Å². The van der Waals surface area contributed by atoms with Crippen LogP contribution in [0.4, 0.5) is 0 Å². The summed E-state index contributed by atoms with van der Waals surface area (Å²) in [5, 5.41) is 44.7. The van der Waals surface area contributed by atoms with Gasteiger partial charge in [-0.05, 0) is 12.1 Å². The minimum absolute atomic E-state index is 0.263. The van der Waals surface area contributed by atoms with Crippen LogP contribution in [0.15, 0.2) is 30.3 Å². The number of ether oxygens (including phenoxy) is 1. The number of aliphatic hydroxyl groups excluding tert-OH is 5. The molecule has 9 heteroatoms. The first-order chi connectivity index (χ1) is 10.4. The second kappa shape index (κ2) is 8.76. The molecule has 0 saturated carbocycles. The van der Waals surface area contributed by atoms with Crippen LogP contribution in [0, 0.1) is 0 Å². The average molecular weight is 316 g/mol. The molecule has 5 atom stereocenters. The summed E-state index contributed by atoms with van der Waals surface area (Å²) in [6.45, 7) is -0.526. The van der Waals surface area contributed by atoms with E-state index in [2.05, 4.69) is 4.74 Å². The summed E-state index contributed by atoms with van der Waals surface area (Å²) >= 11 is 0. The van der Waals surface area contributed by atoms with Gasteiger partial charge in [-0.1, -0.05) is 18.2 Å². The Morgan fingerprint density at radius 1 is 1.09 bits per heavy atom. The Balaban J connectivity index is 0.000000224. The monoisotopic (exact) mass is 316 g/mol. The fraction of sp³-hybridized carbons (Fsp3) is 0.462. The van der Waals surface area contributed by atoms with Crippen molar-refractivity contribution in [1.29, 1.82) is 0 Å². The second-order valence-electron chi connectivity index (χ2n) is 4.56. The third-order valence-electron chi connectivity index (χ3n) is 3.03. The molecule has 1 fully saturated rings. The Labute approximate surface area is 126 Å². The number of carbonyl (C=O) groups excluding carboxylic acids is 1. The molecule has 1 aliphatic heterocycles. The van der Waals surface area contributed by atoms with Crippen LogP contribution in [0.5, 0.6) is 0 Å². The average Bonchev–Trinajstić information content (AvgIpc) is 2.56. The Bertz CT molecular complexity index is 454. The van der Waals surface area contributed by atoms with Crippen LogP contribution < -0.4 is 11.3 Å². The number of nitrogens with one attached hydrogen (secondary N) is 1. The SMILES string of the molecule is NNC(=O)c1ccccc1.OC[C@H]1OC(O)[C@H](O)[C@@H](O)[C@@H]1O. The van der Waals surface area contributed by atoms with Crippen molar-refractivity contribution in [3.63, 3.8) is 0 Å².